The summed E-state index contributed by atoms with van der Waals surface area (Å²) in [5, 5.41) is 0. The number of hydrogen-bond donors (Lipinski definition) is 1. The van der Waals surface area contributed by atoms with Crippen LogP contribution in [0.1, 0.15) is 24.5 Å². The predicted molar refractivity (Wildman–Crippen MR) is 64.7 cm³/mol. The van der Waals surface area contributed by atoms with Gasteiger partial charge >= 0.3 is 0 Å². The molecule has 0 aliphatic heterocycles. The van der Waals surface area contributed by atoms with E-state index in [0.29, 0.717) is 17.2 Å². The molecule has 0 amide bonds. The average Bonchev–Trinajstić information content (AvgIpc) is 2.31. The van der Waals surface area contributed by atoms with Gasteiger partial charge in [-0.25, -0.2) is 18.7 Å². The van der Waals surface area contributed by atoms with E-state index in [2.05, 4.69) is 9.97 Å². The Morgan fingerprint density at radius 2 is 1.89 bits per heavy atom. The van der Waals surface area contributed by atoms with Crippen LogP contribution in [0.2, 0.25) is 0 Å². The van der Waals surface area contributed by atoms with Crippen molar-refractivity contribution in [2.75, 3.05) is 0 Å². The topological polar surface area (TPSA) is 51.8 Å². The Morgan fingerprint density at radius 1 is 1.17 bits per heavy atom. The van der Waals surface area contributed by atoms with E-state index in [1.807, 2.05) is 0 Å². The Morgan fingerprint density at radius 3 is 2.56 bits per heavy atom. The lowest BCUT2D eigenvalue weighted by atomic mass is 10.1. The van der Waals surface area contributed by atoms with Crippen LogP contribution in [0, 0.1) is 18.6 Å². The molecular formula is C13H13F2N3. The fraction of sp³-hybridized carbons (Fsp3) is 0.231. The third-order valence-corrected chi connectivity index (χ3v) is 2.48. The molecule has 1 atom stereocenters. The molecule has 1 heterocycles. The zero-order valence-electron chi connectivity index (χ0n) is 10.1. The molecular weight excluding hydrogens is 236 g/mol. The van der Waals surface area contributed by atoms with Crippen molar-refractivity contribution < 1.29 is 8.78 Å². The van der Waals surface area contributed by atoms with Gasteiger partial charge in [-0.1, -0.05) is 0 Å². The molecule has 2 rings (SSSR count). The van der Waals surface area contributed by atoms with Gasteiger partial charge in [0.2, 0.25) is 0 Å². The fourth-order valence-electron chi connectivity index (χ4n) is 1.63. The smallest absolute Gasteiger partial charge is 0.145 e. The van der Waals surface area contributed by atoms with Crippen molar-refractivity contribution in [3.63, 3.8) is 0 Å². The van der Waals surface area contributed by atoms with Crippen molar-refractivity contribution in [3.8, 4) is 11.3 Å². The minimum atomic E-state index is -0.523. The van der Waals surface area contributed by atoms with Crippen LogP contribution in [-0.2, 0) is 0 Å². The highest BCUT2D eigenvalue weighted by molar-refractivity contribution is 5.60. The Kier molecular flexibility index (Phi) is 3.34. The Hall–Kier alpha value is -1.88. The van der Waals surface area contributed by atoms with E-state index in [4.69, 9.17) is 5.73 Å². The van der Waals surface area contributed by atoms with Crippen LogP contribution in [0.3, 0.4) is 0 Å². The lowest BCUT2D eigenvalue weighted by Crippen LogP contribution is -2.11. The van der Waals surface area contributed by atoms with Gasteiger partial charge < -0.3 is 5.73 Å². The molecule has 1 aromatic carbocycles. The number of halogens is 2. The fourth-order valence-corrected chi connectivity index (χ4v) is 1.63. The van der Waals surface area contributed by atoms with Crippen molar-refractivity contribution in [2.24, 2.45) is 5.73 Å². The molecule has 0 aliphatic rings. The van der Waals surface area contributed by atoms with Gasteiger partial charge in [0.25, 0.3) is 0 Å². The molecule has 1 aromatic heterocycles. The van der Waals surface area contributed by atoms with Gasteiger partial charge in [0, 0.05) is 11.3 Å². The Labute approximate surface area is 104 Å². The number of aromatic nitrogens is 2. The summed E-state index contributed by atoms with van der Waals surface area (Å²) >= 11 is 0. The van der Waals surface area contributed by atoms with E-state index in [1.165, 1.54) is 0 Å². The number of nitrogens with zero attached hydrogens (tertiary/aromatic N) is 2. The van der Waals surface area contributed by atoms with Crippen molar-refractivity contribution in [1.29, 1.82) is 0 Å². The second-order valence-electron chi connectivity index (χ2n) is 4.17. The zero-order chi connectivity index (χ0) is 13.3. The van der Waals surface area contributed by atoms with Crippen molar-refractivity contribution in [2.45, 2.75) is 19.9 Å². The predicted octanol–water partition coefficient (Wildman–Crippen LogP) is 2.75. The standard InChI is InChI=1S/C13H13F2N3/c1-7-5-12(18-13(17-7)8(2)16)10-6-9(14)3-4-11(10)15/h3-6,8H,16H2,1-2H3. The van der Waals surface area contributed by atoms with E-state index in [-0.39, 0.29) is 11.6 Å². The molecule has 0 bridgehead atoms. The summed E-state index contributed by atoms with van der Waals surface area (Å²) < 4.78 is 26.8. The first-order chi connectivity index (χ1) is 8.47. The monoisotopic (exact) mass is 249 g/mol. The molecule has 2 aromatic rings. The minimum absolute atomic E-state index is 0.113. The normalized spacial score (nSPS) is 12.5. The first-order valence-corrected chi connectivity index (χ1v) is 5.54. The summed E-state index contributed by atoms with van der Waals surface area (Å²) in [7, 11) is 0. The van der Waals surface area contributed by atoms with Crippen LogP contribution in [0.15, 0.2) is 24.3 Å². The molecule has 1 unspecified atom stereocenters. The van der Waals surface area contributed by atoms with Crippen LogP contribution in [0.25, 0.3) is 11.3 Å². The van der Waals surface area contributed by atoms with Gasteiger partial charge in [-0.2, -0.15) is 0 Å². The molecule has 0 saturated heterocycles. The number of aryl methyl sites for hydroxylation is 1. The molecule has 0 fully saturated rings. The van der Waals surface area contributed by atoms with Gasteiger partial charge in [-0.3, -0.25) is 0 Å². The summed E-state index contributed by atoms with van der Waals surface area (Å²) in [4.78, 5) is 8.32. The third-order valence-electron chi connectivity index (χ3n) is 2.48. The SMILES string of the molecule is Cc1cc(-c2cc(F)ccc2F)nc(C(C)N)n1. The molecule has 18 heavy (non-hydrogen) atoms. The van der Waals surface area contributed by atoms with E-state index in [0.717, 1.165) is 18.2 Å². The zero-order valence-corrected chi connectivity index (χ0v) is 10.1. The van der Waals surface area contributed by atoms with Gasteiger partial charge in [0.05, 0.1) is 11.7 Å². The molecule has 3 nitrogen and oxygen atoms in total. The highest BCUT2D eigenvalue weighted by Gasteiger charge is 2.12. The lowest BCUT2D eigenvalue weighted by molar-refractivity contribution is 0.602. The van der Waals surface area contributed by atoms with Crippen molar-refractivity contribution in [1.82, 2.24) is 9.97 Å². The van der Waals surface area contributed by atoms with Crippen molar-refractivity contribution in [3.05, 3.63) is 47.4 Å². The van der Waals surface area contributed by atoms with Crippen LogP contribution < -0.4 is 5.73 Å². The molecule has 94 valence electrons. The van der Waals surface area contributed by atoms with E-state index < -0.39 is 11.6 Å². The Bertz CT molecular complexity index is 582. The Balaban J connectivity index is 2.60. The largest absolute Gasteiger partial charge is 0.322 e. The summed E-state index contributed by atoms with van der Waals surface area (Å²) in [5.74, 6) is -0.621. The van der Waals surface area contributed by atoms with Gasteiger partial charge in [0.1, 0.15) is 17.5 Å². The molecule has 0 saturated carbocycles. The number of rotatable bonds is 2. The third kappa shape index (κ3) is 2.51. The summed E-state index contributed by atoms with van der Waals surface area (Å²) in [6.45, 7) is 3.49. The molecule has 0 aliphatic carbocycles. The number of nitrogens with two attached hydrogens (primary N) is 1. The number of hydrogen-bond acceptors (Lipinski definition) is 3. The minimum Gasteiger partial charge on any atom is -0.322 e. The van der Waals surface area contributed by atoms with E-state index in [9.17, 15) is 8.78 Å². The van der Waals surface area contributed by atoms with Crippen LogP contribution in [0.5, 0.6) is 0 Å². The van der Waals surface area contributed by atoms with Gasteiger partial charge in [-0.05, 0) is 38.1 Å². The maximum absolute atomic E-state index is 13.7. The first kappa shape index (κ1) is 12.6. The van der Waals surface area contributed by atoms with Crippen molar-refractivity contribution >= 4 is 0 Å². The molecule has 5 heteroatoms. The maximum Gasteiger partial charge on any atom is 0.145 e. The van der Waals surface area contributed by atoms with E-state index >= 15 is 0 Å². The van der Waals surface area contributed by atoms with Crippen LogP contribution in [0.4, 0.5) is 8.78 Å². The quantitative estimate of drug-likeness (QED) is 0.890. The summed E-state index contributed by atoms with van der Waals surface area (Å²) in [5.41, 5.74) is 6.82. The number of benzene rings is 1. The maximum atomic E-state index is 13.7. The summed E-state index contributed by atoms with van der Waals surface area (Å²) in [6, 6.07) is 4.50. The average molecular weight is 249 g/mol. The van der Waals surface area contributed by atoms with E-state index in [1.54, 1.807) is 19.9 Å². The molecule has 0 spiro atoms. The van der Waals surface area contributed by atoms with Crippen LogP contribution in [-0.4, -0.2) is 9.97 Å². The second kappa shape index (κ2) is 4.78. The molecule has 0 radical (unpaired) electrons. The second-order valence-corrected chi connectivity index (χ2v) is 4.17. The highest BCUT2D eigenvalue weighted by Crippen LogP contribution is 2.23. The lowest BCUT2D eigenvalue weighted by Gasteiger charge is -2.09. The van der Waals surface area contributed by atoms with Gasteiger partial charge in [0.15, 0.2) is 0 Å². The van der Waals surface area contributed by atoms with Crippen LogP contribution >= 0.6 is 0 Å². The first-order valence-electron chi connectivity index (χ1n) is 5.54. The summed E-state index contributed by atoms with van der Waals surface area (Å²) in [6.07, 6.45) is 0. The van der Waals surface area contributed by atoms with Gasteiger partial charge in [-0.15, -0.1) is 0 Å². The highest BCUT2D eigenvalue weighted by atomic mass is 19.1. The molecule has 2 N–H and O–H groups in total.